The van der Waals surface area contributed by atoms with Crippen molar-refractivity contribution in [2.75, 3.05) is 0 Å². The molecule has 206 valence electrons. The summed E-state index contributed by atoms with van der Waals surface area (Å²) in [6, 6.07) is 49.8. The first-order valence-electron chi connectivity index (χ1n) is 14.3. The van der Waals surface area contributed by atoms with Crippen LogP contribution in [0.1, 0.15) is 22.3 Å². The van der Waals surface area contributed by atoms with Crippen molar-refractivity contribution < 1.29 is 0 Å². The van der Waals surface area contributed by atoms with E-state index < -0.39 is 0 Å². The van der Waals surface area contributed by atoms with Crippen LogP contribution in [0.4, 0.5) is 0 Å². The number of rotatable bonds is 4. The van der Waals surface area contributed by atoms with E-state index in [-0.39, 0.29) is 0 Å². The van der Waals surface area contributed by atoms with Crippen LogP contribution in [-0.4, -0.2) is 4.57 Å². The predicted octanol–water partition coefficient (Wildman–Crippen LogP) is 9.27. The van der Waals surface area contributed by atoms with Gasteiger partial charge in [0, 0.05) is 27.6 Å². The molecule has 1 heterocycles. The molecular formula is C40H21N5. The number of hydrogen-bond acceptors (Lipinski definition) is 4. The van der Waals surface area contributed by atoms with Crippen LogP contribution in [0.25, 0.3) is 60.9 Å². The van der Waals surface area contributed by atoms with E-state index in [4.69, 9.17) is 0 Å². The molecule has 0 N–H and O–H groups in total. The lowest BCUT2D eigenvalue weighted by Gasteiger charge is -2.12. The minimum atomic E-state index is 0.421. The van der Waals surface area contributed by atoms with Gasteiger partial charge in [0.25, 0.3) is 0 Å². The summed E-state index contributed by atoms with van der Waals surface area (Å²) in [6.07, 6.45) is 0. The van der Waals surface area contributed by atoms with Crippen molar-refractivity contribution in [1.82, 2.24) is 4.57 Å². The highest BCUT2D eigenvalue weighted by atomic mass is 15.0. The zero-order valence-corrected chi connectivity index (χ0v) is 23.9. The van der Waals surface area contributed by atoms with Gasteiger partial charge >= 0.3 is 0 Å². The Labute approximate surface area is 259 Å². The second kappa shape index (κ2) is 11.1. The van der Waals surface area contributed by atoms with Crippen molar-refractivity contribution in [3.8, 4) is 63.3 Å². The number of fused-ring (bicyclic) bond motifs is 3. The van der Waals surface area contributed by atoms with E-state index in [0.29, 0.717) is 33.4 Å². The van der Waals surface area contributed by atoms with Gasteiger partial charge in [0.15, 0.2) is 0 Å². The topological polar surface area (TPSA) is 100 Å². The molecule has 5 heteroatoms. The van der Waals surface area contributed by atoms with Gasteiger partial charge in [0.2, 0.25) is 0 Å². The van der Waals surface area contributed by atoms with Gasteiger partial charge in [-0.15, -0.1) is 0 Å². The summed E-state index contributed by atoms with van der Waals surface area (Å²) >= 11 is 0. The third-order valence-electron chi connectivity index (χ3n) is 8.17. The van der Waals surface area contributed by atoms with Crippen molar-refractivity contribution in [2.45, 2.75) is 0 Å². The molecule has 0 atom stereocenters. The van der Waals surface area contributed by atoms with E-state index in [1.165, 1.54) is 0 Å². The van der Waals surface area contributed by atoms with Crippen LogP contribution < -0.4 is 0 Å². The molecule has 0 spiro atoms. The fourth-order valence-electron chi connectivity index (χ4n) is 6.24. The molecule has 0 radical (unpaired) electrons. The Bertz CT molecular complexity index is 2410. The molecular weight excluding hydrogens is 550 g/mol. The van der Waals surface area contributed by atoms with Crippen LogP contribution in [-0.2, 0) is 0 Å². The Balaban J connectivity index is 1.62. The largest absolute Gasteiger partial charge is 0.309 e. The number of nitriles is 4. The van der Waals surface area contributed by atoms with E-state index >= 15 is 0 Å². The molecule has 0 fully saturated rings. The van der Waals surface area contributed by atoms with Crippen LogP contribution in [0.3, 0.4) is 0 Å². The van der Waals surface area contributed by atoms with Gasteiger partial charge in [0.1, 0.15) is 0 Å². The molecule has 1 aromatic heterocycles. The van der Waals surface area contributed by atoms with Gasteiger partial charge in [-0.25, -0.2) is 0 Å². The minimum absolute atomic E-state index is 0.421. The standard InChI is InChI=1S/C40H21N5/c41-22-29-11-4-12-30(23-42)38(29)28-18-19-34-37(21-28)45(33-15-6-10-27(20-33)26-8-2-1-3-9-26)36-17-7-16-35(40(34)36)39-31(24-43)13-5-14-32(39)25-44/h1-21H. The van der Waals surface area contributed by atoms with Crippen molar-refractivity contribution in [3.05, 3.63) is 150 Å². The first kappa shape index (κ1) is 26.9. The molecule has 0 aliphatic heterocycles. The molecule has 0 bridgehead atoms. The van der Waals surface area contributed by atoms with Crippen molar-refractivity contribution >= 4 is 21.8 Å². The molecule has 0 saturated heterocycles. The summed E-state index contributed by atoms with van der Waals surface area (Å²) in [6.45, 7) is 0. The smallest absolute Gasteiger partial charge is 0.0998 e. The molecule has 7 rings (SSSR count). The molecule has 0 saturated carbocycles. The Morgan fingerprint density at radius 3 is 1.64 bits per heavy atom. The van der Waals surface area contributed by atoms with E-state index in [0.717, 1.165) is 49.7 Å². The quantitative estimate of drug-likeness (QED) is 0.210. The normalized spacial score (nSPS) is 10.6. The summed E-state index contributed by atoms with van der Waals surface area (Å²) in [5, 5.41) is 41.8. The zero-order chi connectivity index (χ0) is 30.9. The third kappa shape index (κ3) is 4.38. The van der Waals surface area contributed by atoms with Crippen molar-refractivity contribution in [1.29, 1.82) is 21.0 Å². The van der Waals surface area contributed by atoms with E-state index in [9.17, 15) is 21.0 Å². The van der Waals surface area contributed by atoms with Crippen LogP contribution in [0.15, 0.2) is 127 Å². The highest BCUT2D eigenvalue weighted by Crippen LogP contribution is 2.42. The minimum Gasteiger partial charge on any atom is -0.309 e. The molecule has 0 unspecified atom stereocenters. The maximum atomic E-state index is 10.1. The summed E-state index contributed by atoms with van der Waals surface area (Å²) in [4.78, 5) is 0. The second-order valence-electron chi connectivity index (χ2n) is 10.6. The van der Waals surface area contributed by atoms with Crippen molar-refractivity contribution in [3.63, 3.8) is 0 Å². The van der Waals surface area contributed by atoms with Crippen LogP contribution in [0.2, 0.25) is 0 Å². The summed E-state index contributed by atoms with van der Waals surface area (Å²) in [7, 11) is 0. The van der Waals surface area contributed by atoms with Crippen molar-refractivity contribution in [2.24, 2.45) is 0 Å². The Morgan fingerprint density at radius 1 is 0.422 bits per heavy atom. The maximum absolute atomic E-state index is 10.1. The molecule has 7 aromatic rings. The van der Waals surface area contributed by atoms with E-state index in [2.05, 4.69) is 59.2 Å². The predicted molar refractivity (Wildman–Crippen MR) is 176 cm³/mol. The Hall–Kier alpha value is -6.92. The highest BCUT2D eigenvalue weighted by Gasteiger charge is 2.21. The lowest BCUT2D eigenvalue weighted by atomic mass is 9.91. The number of benzene rings is 6. The van der Waals surface area contributed by atoms with Gasteiger partial charge in [-0.1, -0.05) is 78.9 Å². The molecule has 6 aromatic carbocycles. The van der Waals surface area contributed by atoms with E-state index in [1.807, 2.05) is 60.7 Å². The summed E-state index contributed by atoms with van der Waals surface area (Å²) in [5.41, 5.74) is 9.23. The summed E-state index contributed by atoms with van der Waals surface area (Å²) < 4.78 is 2.17. The van der Waals surface area contributed by atoms with Gasteiger partial charge in [-0.05, 0) is 70.8 Å². The lowest BCUT2D eigenvalue weighted by Crippen LogP contribution is -1.96. The lowest BCUT2D eigenvalue weighted by molar-refractivity contribution is 1.18. The highest BCUT2D eigenvalue weighted by molar-refractivity contribution is 6.17. The molecule has 0 aliphatic carbocycles. The van der Waals surface area contributed by atoms with Crippen LogP contribution in [0.5, 0.6) is 0 Å². The Kier molecular flexibility index (Phi) is 6.62. The average Bonchev–Trinajstić information content (AvgIpc) is 3.45. The fraction of sp³-hybridized carbons (Fsp3) is 0. The maximum Gasteiger partial charge on any atom is 0.0998 e. The summed E-state index contributed by atoms with van der Waals surface area (Å²) in [5.74, 6) is 0. The molecule has 5 nitrogen and oxygen atoms in total. The van der Waals surface area contributed by atoms with Crippen LogP contribution in [0, 0.1) is 45.3 Å². The third-order valence-corrected chi connectivity index (χ3v) is 8.17. The van der Waals surface area contributed by atoms with Crippen LogP contribution >= 0.6 is 0 Å². The molecule has 0 aliphatic rings. The Morgan fingerprint density at radius 2 is 1.00 bits per heavy atom. The monoisotopic (exact) mass is 571 g/mol. The number of hydrogen-bond donors (Lipinski definition) is 0. The molecule has 45 heavy (non-hydrogen) atoms. The number of nitrogens with zero attached hydrogens (tertiary/aromatic N) is 5. The van der Waals surface area contributed by atoms with Gasteiger partial charge in [0.05, 0.1) is 57.6 Å². The SMILES string of the molecule is N#Cc1cccc(C#N)c1-c1ccc2c3c(-c4c(C#N)cccc4C#N)cccc3n(-c3cccc(-c4ccccc4)c3)c2c1. The van der Waals surface area contributed by atoms with Gasteiger partial charge in [-0.2, -0.15) is 21.0 Å². The first-order valence-corrected chi connectivity index (χ1v) is 14.3. The number of aromatic nitrogens is 1. The second-order valence-corrected chi connectivity index (χ2v) is 10.6. The van der Waals surface area contributed by atoms with Gasteiger partial charge in [-0.3, -0.25) is 0 Å². The first-order chi connectivity index (χ1) is 22.2. The van der Waals surface area contributed by atoms with Gasteiger partial charge < -0.3 is 4.57 Å². The van der Waals surface area contributed by atoms with E-state index in [1.54, 1.807) is 36.4 Å². The molecule has 0 amide bonds. The zero-order valence-electron chi connectivity index (χ0n) is 23.9. The average molecular weight is 572 g/mol. The fourth-order valence-corrected chi connectivity index (χ4v) is 6.24.